The van der Waals surface area contributed by atoms with Gasteiger partial charge in [0.25, 0.3) is 0 Å². The molecule has 0 atom stereocenters. The van der Waals surface area contributed by atoms with E-state index in [2.05, 4.69) is 33.7 Å². The maximum Gasteiger partial charge on any atom is 0.137 e. The summed E-state index contributed by atoms with van der Waals surface area (Å²) in [6, 6.07) is 6.03. The fraction of sp³-hybridized carbons (Fsp3) is 0.438. The molecule has 0 saturated carbocycles. The molecular formula is C16H23N5. The van der Waals surface area contributed by atoms with E-state index in [-0.39, 0.29) is 5.92 Å². The highest BCUT2D eigenvalue weighted by Crippen LogP contribution is 2.24. The minimum Gasteiger partial charge on any atom is -0.383 e. The highest BCUT2D eigenvalue weighted by atomic mass is 15.2. The van der Waals surface area contributed by atoms with Crippen molar-refractivity contribution in [3.8, 4) is 0 Å². The molecule has 0 saturated heterocycles. The highest BCUT2D eigenvalue weighted by molar-refractivity contribution is 5.56. The van der Waals surface area contributed by atoms with Crippen LogP contribution in [0.2, 0.25) is 0 Å². The topological polar surface area (TPSA) is 67.9 Å². The van der Waals surface area contributed by atoms with Gasteiger partial charge in [-0.15, -0.1) is 0 Å². The van der Waals surface area contributed by atoms with E-state index >= 15 is 0 Å². The number of hydrogen-bond acceptors (Lipinski definition) is 5. The molecule has 5 heteroatoms. The fourth-order valence-corrected chi connectivity index (χ4v) is 2.17. The van der Waals surface area contributed by atoms with Crippen molar-refractivity contribution in [1.29, 1.82) is 0 Å². The summed E-state index contributed by atoms with van der Waals surface area (Å²) in [5.41, 5.74) is 8.96. The van der Waals surface area contributed by atoms with Crippen molar-refractivity contribution in [3.05, 3.63) is 41.0 Å². The van der Waals surface area contributed by atoms with Crippen LogP contribution in [0, 0.1) is 13.8 Å². The molecule has 21 heavy (non-hydrogen) atoms. The molecule has 0 spiro atoms. The number of pyridine rings is 1. The molecule has 0 radical (unpaired) electrons. The van der Waals surface area contributed by atoms with E-state index in [1.807, 2.05) is 39.1 Å². The number of aryl methyl sites for hydroxylation is 1. The van der Waals surface area contributed by atoms with Crippen molar-refractivity contribution < 1.29 is 0 Å². The van der Waals surface area contributed by atoms with Gasteiger partial charge in [0.15, 0.2) is 0 Å². The molecule has 0 aromatic carbocycles. The van der Waals surface area contributed by atoms with Gasteiger partial charge in [0, 0.05) is 24.2 Å². The Morgan fingerprint density at radius 1 is 1.14 bits per heavy atom. The monoisotopic (exact) mass is 285 g/mol. The largest absolute Gasteiger partial charge is 0.383 e. The van der Waals surface area contributed by atoms with Gasteiger partial charge in [0.1, 0.15) is 17.5 Å². The van der Waals surface area contributed by atoms with Crippen molar-refractivity contribution in [2.75, 3.05) is 17.7 Å². The molecule has 0 aliphatic rings. The summed E-state index contributed by atoms with van der Waals surface area (Å²) in [5, 5.41) is 0. The third kappa shape index (κ3) is 3.48. The molecule has 0 bridgehead atoms. The second-order valence-corrected chi connectivity index (χ2v) is 5.70. The van der Waals surface area contributed by atoms with Crippen LogP contribution in [0.25, 0.3) is 0 Å². The molecule has 5 nitrogen and oxygen atoms in total. The molecule has 2 N–H and O–H groups in total. The molecule has 2 rings (SSSR count). The van der Waals surface area contributed by atoms with E-state index in [1.165, 1.54) is 0 Å². The first-order valence-corrected chi connectivity index (χ1v) is 7.16. The van der Waals surface area contributed by atoms with Crippen LogP contribution in [0.1, 0.15) is 42.5 Å². The maximum absolute atomic E-state index is 6.02. The van der Waals surface area contributed by atoms with Crippen LogP contribution in [0.15, 0.2) is 18.2 Å². The fourth-order valence-electron chi connectivity index (χ4n) is 2.17. The van der Waals surface area contributed by atoms with Crippen LogP contribution < -0.4 is 10.6 Å². The molecule has 0 amide bonds. The SMILES string of the molecule is Cc1cccc(CN(C)c2nc(C(C)C)nc(N)c2C)n1. The first kappa shape index (κ1) is 15.2. The van der Waals surface area contributed by atoms with Gasteiger partial charge in [-0.05, 0) is 26.0 Å². The number of aromatic nitrogens is 3. The van der Waals surface area contributed by atoms with Crippen LogP contribution in [0.3, 0.4) is 0 Å². The van der Waals surface area contributed by atoms with Crippen molar-refractivity contribution in [2.45, 2.75) is 40.2 Å². The van der Waals surface area contributed by atoms with Crippen LogP contribution >= 0.6 is 0 Å². The van der Waals surface area contributed by atoms with Gasteiger partial charge in [0.2, 0.25) is 0 Å². The van der Waals surface area contributed by atoms with Gasteiger partial charge in [0.05, 0.1) is 12.2 Å². The number of nitrogens with two attached hydrogens (primary N) is 1. The molecule has 2 aromatic heterocycles. The number of rotatable bonds is 4. The van der Waals surface area contributed by atoms with Crippen molar-refractivity contribution in [1.82, 2.24) is 15.0 Å². The molecule has 0 fully saturated rings. The number of anilines is 2. The zero-order valence-electron chi connectivity index (χ0n) is 13.4. The summed E-state index contributed by atoms with van der Waals surface area (Å²) in [6.07, 6.45) is 0. The Balaban J connectivity index is 2.32. The van der Waals surface area contributed by atoms with Crippen LogP contribution in [-0.2, 0) is 6.54 Å². The van der Waals surface area contributed by atoms with E-state index in [4.69, 9.17) is 5.73 Å². The molecule has 0 unspecified atom stereocenters. The van der Waals surface area contributed by atoms with E-state index < -0.39 is 0 Å². The predicted molar refractivity (Wildman–Crippen MR) is 86.4 cm³/mol. The Kier molecular flexibility index (Phi) is 4.40. The summed E-state index contributed by atoms with van der Waals surface area (Å²) in [4.78, 5) is 15.6. The van der Waals surface area contributed by atoms with Crippen molar-refractivity contribution in [2.24, 2.45) is 0 Å². The Morgan fingerprint density at radius 3 is 2.48 bits per heavy atom. The first-order chi connectivity index (χ1) is 9.88. The zero-order valence-corrected chi connectivity index (χ0v) is 13.4. The lowest BCUT2D eigenvalue weighted by molar-refractivity contribution is 0.758. The van der Waals surface area contributed by atoms with Crippen LogP contribution in [0.4, 0.5) is 11.6 Å². The standard InChI is InChI=1S/C16H23N5/c1-10(2)15-19-14(17)12(4)16(20-15)21(5)9-13-8-6-7-11(3)18-13/h6-8,10H,9H2,1-5H3,(H2,17,19,20). The smallest absolute Gasteiger partial charge is 0.137 e. The van der Waals surface area contributed by atoms with Gasteiger partial charge < -0.3 is 10.6 Å². The number of nitrogens with zero attached hydrogens (tertiary/aromatic N) is 4. The lowest BCUT2D eigenvalue weighted by Crippen LogP contribution is -2.21. The second kappa shape index (κ2) is 6.08. The lowest BCUT2D eigenvalue weighted by atomic mass is 10.2. The van der Waals surface area contributed by atoms with Crippen molar-refractivity contribution >= 4 is 11.6 Å². The highest BCUT2D eigenvalue weighted by Gasteiger charge is 2.15. The summed E-state index contributed by atoms with van der Waals surface area (Å²) >= 11 is 0. The molecular weight excluding hydrogens is 262 g/mol. The molecule has 2 aromatic rings. The average molecular weight is 285 g/mol. The predicted octanol–water partition coefficient (Wildman–Crippen LogP) is 2.83. The minimum absolute atomic E-state index is 0.247. The molecule has 2 heterocycles. The molecule has 0 aliphatic carbocycles. The van der Waals surface area contributed by atoms with E-state index in [1.54, 1.807) is 0 Å². The van der Waals surface area contributed by atoms with Crippen molar-refractivity contribution in [3.63, 3.8) is 0 Å². The summed E-state index contributed by atoms with van der Waals surface area (Å²) < 4.78 is 0. The maximum atomic E-state index is 6.02. The number of hydrogen-bond donors (Lipinski definition) is 1. The summed E-state index contributed by atoms with van der Waals surface area (Å²) in [6.45, 7) is 8.77. The normalized spacial score (nSPS) is 11.0. The van der Waals surface area contributed by atoms with Crippen LogP contribution in [-0.4, -0.2) is 22.0 Å². The minimum atomic E-state index is 0.247. The van der Waals surface area contributed by atoms with Gasteiger partial charge in [-0.1, -0.05) is 19.9 Å². The zero-order chi connectivity index (χ0) is 15.6. The van der Waals surface area contributed by atoms with Gasteiger partial charge in [-0.25, -0.2) is 9.97 Å². The lowest BCUT2D eigenvalue weighted by Gasteiger charge is -2.22. The Bertz CT molecular complexity index is 637. The van der Waals surface area contributed by atoms with Gasteiger partial charge >= 0.3 is 0 Å². The first-order valence-electron chi connectivity index (χ1n) is 7.16. The van der Waals surface area contributed by atoms with Gasteiger partial charge in [-0.2, -0.15) is 0 Å². The Labute approximate surface area is 126 Å². The quantitative estimate of drug-likeness (QED) is 0.935. The van der Waals surface area contributed by atoms with E-state index in [9.17, 15) is 0 Å². The molecule has 0 aliphatic heterocycles. The Hall–Kier alpha value is -2.17. The van der Waals surface area contributed by atoms with E-state index in [0.29, 0.717) is 12.4 Å². The van der Waals surface area contributed by atoms with E-state index in [0.717, 1.165) is 28.6 Å². The molecule has 112 valence electrons. The summed E-state index contributed by atoms with van der Waals surface area (Å²) in [7, 11) is 2.00. The third-order valence-corrected chi connectivity index (χ3v) is 3.40. The van der Waals surface area contributed by atoms with Gasteiger partial charge in [-0.3, -0.25) is 4.98 Å². The average Bonchev–Trinajstić information content (AvgIpc) is 2.41. The Morgan fingerprint density at radius 2 is 1.86 bits per heavy atom. The second-order valence-electron chi connectivity index (χ2n) is 5.70. The number of nitrogen functional groups attached to an aromatic ring is 1. The summed E-state index contributed by atoms with van der Waals surface area (Å²) in [5.74, 6) is 2.44. The third-order valence-electron chi connectivity index (χ3n) is 3.40. The van der Waals surface area contributed by atoms with Crippen LogP contribution in [0.5, 0.6) is 0 Å².